The molecule has 1 amide bonds. The lowest BCUT2D eigenvalue weighted by Crippen LogP contribution is -2.39. The molecule has 1 aromatic carbocycles. The van der Waals surface area contributed by atoms with Gasteiger partial charge in [0, 0.05) is 12.0 Å². The van der Waals surface area contributed by atoms with Gasteiger partial charge in [-0.05, 0) is 24.3 Å². The fourth-order valence-corrected chi connectivity index (χ4v) is 2.10. The van der Waals surface area contributed by atoms with Gasteiger partial charge in [0.25, 0.3) is 0 Å². The van der Waals surface area contributed by atoms with Crippen LogP contribution in [0.3, 0.4) is 0 Å². The first kappa shape index (κ1) is 12.8. The van der Waals surface area contributed by atoms with Crippen LogP contribution in [0.5, 0.6) is 5.75 Å². The highest BCUT2D eigenvalue weighted by atomic mass is 32.2. The molecule has 5 nitrogen and oxygen atoms in total. The van der Waals surface area contributed by atoms with Gasteiger partial charge >= 0.3 is 0 Å². The number of nitrogens with one attached hydrogen (secondary N) is 1. The van der Waals surface area contributed by atoms with Crippen LogP contribution in [0.25, 0.3) is 0 Å². The number of hydrogen-bond donors (Lipinski definition) is 3. The molecule has 0 saturated heterocycles. The average Bonchev–Trinajstić information content (AvgIpc) is 2.30. The van der Waals surface area contributed by atoms with Crippen molar-refractivity contribution in [2.75, 3.05) is 13.7 Å². The molecule has 0 aliphatic heterocycles. The first-order valence-corrected chi connectivity index (χ1v) is 5.50. The Balaban J connectivity index is 2.67. The van der Waals surface area contributed by atoms with Gasteiger partial charge < -0.3 is 9.84 Å². The van der Waals surface area contributed by atoms with Crippen molar-refractivity contribution in [3.8, 4) is 5.75 Å². The quantitative estimate of drug-likeness (QED) is 0.303. The predicted molar refractivity (Wildman–Crippen MR) is 62.0 cm³/mol. The zero-order valence-electron chi connectivity index (χ0n) is 8.84. The van der Waals surface area contributed by atoms with E-state index in [1.54, 1.807) is 24.3 Å². The van der Waals surface area contributed by atoms with E-state index < -0.39 is 5.25 Å². The molecule has 4 N–H and O–H groups in total. The topological polar surface area (TPSA) is 84.6 Å². The summed E-state index contributed by atoms with van der Waals surface area (Å²) in [5.74, 6) is 4.97. The number of hydrazine groups is 1. The number of ether oxygens (including phenoxy) is 1. The summed E-state index contributed by atoms with van der Waals surface area (Å²) in [6, 6.07) is 6.58. The van der Waals surface area contributed by atoms with Gasteiger partial charge in [-0.3, -0.25) is 10.2 Å². The summed E-state index contributed by atoms with van der Waals surface area (Å²) in [5.41, 5.74) is 2.09. The maximum absolute atomic E-state index is 11.4. The Bertz CT molecular complexity index is 342. The third kappa shape index (κ3) is 3.73. The smallest absolute Gasteiger partial charge is 0.249 e. The maximum Gasteiger partial charge on any atom is 0.249 e. The molecule has 0 spiro atoms. The normalized spacial score (nSPS) is 12.1. The molecule has 16 heavy (non-hydrogen) atoms. The largest absolute Gasteiger partial charge is 0.508 e. The molecule has 0 aromatic heterocycles. The van der Waals surface area contributed by atoms with Crippen molar-refractivity contribution in [1.29, 1.82) is 0 Å². The summed E-state index contributed by atoms with van der Waals surface area (Å²) in [6.07, 6.45) is 0. The summed E-state index contributed by atoms with van der Waals surface area (Å²) >= 11 is 1.33. The number of phenolic OH excluding ortho intramolecular Hbond substituents is 1. The van der Waals surface area contributed by atoms with Crippen LogP contribution in [-0.2, 0) is 9.53 Å². The first-order chi connectivity index (χ1) is 7.67. The number of carbonyl (C=O) groups excluding carboxylic acids is 1. The number of aromatic hydroxyl groups is 1. The molecule has 88 valence electrons. The summed E-state index contributed by atoms with van der Waals surface area (Å²) in [7, 11) is 1.52. The van der Waals surface area contributed by atoms with Crippen molar-refractivity contribution in [3.63, 3.8) is 0 Å². The monoisotopic (exact) mass is 242 g/mol. The van der Waals surface area contributed by atoms with Gasteiger partial charge in [-0.2, -0.15) is 0 Å². The Morgan fingerprint density at radius 3 is 2.69 bits per heavy atom. The Morgan fingerprint density at radius 2 is 2.19 bits per heavy atom. The standard InChI is InChI=1S/C10H14N2O3S/c1-15-6-9(10(14)12-11)16-8-4-2-7(13)3-5-8/h2-5,9,13H,6,11H2,1H3,(H,12,14). The molecule has 1 aromatic rings. The van der Waals surface area contributed by atoms with Crippen molar-refractivity contribution < 1.29 is 14.6 Å². The predicted octanol–water partition coefficient (Wildman–Crippen LogP) is 0.489. The number of methoxy groups -OCH3 is 1. The molecular formula is C10H14N2O3S. The number of benzene rings is 1. The van der Waals surface area contributed by atoms with Crippen LogP contribution in [-0.4, -0.2) is 30.0 Å². The number of phenols is 1. The van der Waals surface area contributed by atoms with Crippen LogP contribution in [0.2, 0.25) is 0 Å². The highest BCUT2D eigenvalue weighted by Gasteiger charge is 2.18. The van der Waals surface area contributed by atoms with E-state index in [2.05, 4.69) is 5.43 Å². The Hall–Kier alpha value is -1.24. The molecule has 0 heterocycles. The van der Waals surface area contributed by atoms with E-state index in [1.807, 2.05) is 0 Å². The van der Waals surface area contributed by atoms with E-state index in [4.69, 9.17) is 15.7 Å². The molecule has 1 atom stereocenters. The van der Waals surface area contributed by atoms with E-state index in [0.29, 0.717) is 0 Å². The summed E-state index contributed by atoms with van der Waals surface area (Å²) in [5, 5.41) is 8.71. The molecule has 0 bridgehead atoms. The molecule has 0 aliphatic rings. The lowest BCUT2D eigenvalue weighted by molar-refractivity contribution is -0.121. The van der Waals surface area contributed by atoms with Crippen molar-refractivity contribution in [3.05, 3.63) is 24.3 Å². The van der Waals surface area contributed by atoms with E-state index in [1.165, 1.54) is 18.9 Å². The minimum atomic E-state index is -0.403. The van der Waals surface area contributed by atoms with Gasteiger partial charge in [0.05, 0.1) is 6.61 Å². The van der Waals surface area contributed by atoms with Crippen LogP contribution in [0.1, 0.15) is 0 Å². The van der Waals surface area contributed by atoms with Gasteiger partial charge in [0.15, 0.2) is 0 Å². The zero-order chi connectivity index (χ0) is 12.0. The number of nitrogens with two attached hydrogens (primary N) is 1. The van der Waals surface area contributed by atoms with Gasteiger partial charge in [-0.1, -0.05) is 0 Å². The summed E-state index contributed by atoms with van der Waals surface area (Å²) in [6.45, 7) is 0.272. The highest BCUT2D eigenvalue weighted by Crippen LogP contribution is 2.25. The van der Waals surface area contributed by atoms with E-state index in [-0.39, 0.29) is 18.3 Å². The molecule has 0 radical (unpaired) electrons. The third-order valence-electron chi connectivity index (χ3n) is 1.87. The molecule has 0 aliphatic carbocycles. The van der Waals surface area contributed by atoms with Crippen molar-refractivity contribution in [1.82, 2.24) is 5.43 Å². The van der Waals surface area contributed by atoms with E-state index in [0.717, 1.165) is 4.90 Å². The number of hydrogen-bond acceptors (Lipinski definition) is 5. The second kappa shape index (κ2) is 6.37. The molecule has 1 rings (SSSR count). The fourth-order valence-electron chi connectivity index (χ4n) is 1.10. The lowest BCUT2D eigenvalue weighted by atomic mass is 10.3. The minimum absolute atomic E-state index is 0.191. The van der Waals surface area contributed by atoms with Gasteiger partial charge in [-0.15, -0.1) is 11.8 Å². The second-order valence-corrected chi connectivity index (χ2v) is 4.34. The fraction of sp³-hybridized carbons (Fsp3) is 0.300. The van der Waals surface area contributed by atoms with Crippen molar-refractivity contribution >= 4 is 17.7 Å². The van der Waals surface area contributed by atoms with Crippen molar-refractivity contribution in [2.45, 2.75) is 10.1 Å². The average molecular weight is 242 g/mol. The Kier molecular flexibility index (Phi) is 5.10. The van der Waals surface area contributed by atoms with Crippen LogP contribution >= 0.6 is 11.8 Å². The van der Waals surface area contributed by atoms with Crippen LogP contribution in [0.15, 0.2) is 29.2 Å². The summed E-state index contributed by atoms with van der Waals surface area (Å²) in [4.78, 5) is 12.3. The van der Waals surface area contributed by atoms with Crippen LogP contribution in [0.4, 0.5) is 0 Å². The lowest BCUT2D eigenvalue weighted by Gasteiger charge is -2.13. The molecule has 6 heteroatoms. The van der Waals surface area contributed by atoms with Gasteiger partial charge in [-0.25, -0.2) is 5.84 Å². The number of amides is 1. The second-order valence-electron chi connectivity index (χ2n) is 3.06. The minimum Gasteiger partial charge on any atom is -0.508 e. The number of carbonyl (C=O) groups is 1. The van der Waals surface area contributed by atoms with E-state index in [9.17, 15) is 4.79 Å². The Morgan fingerprint density at radius 1 is 1.56 bits per heavy atom. The third-order valence-corrected chi connectivity index (χ3v) is 3.05. The maximum atomic E-state index is 11.4. The highest BCUT2D eigenvalue weighted by molar-refractivity contribution is 8.00. The summed E-state index contributed by atoms with van der Waals surface area (Å²) < 4.78 is 4.94. The van der Waals surface area contributed by atoms with Crippen molar-refractivity contribution in [2.24, 2.45) is 5.84 Å². The molecular weight excluding hydrogens is 228 g/mol. The molecule has 0 fully saturated rings. The Labute approximate surface area is 97.9 Å². The van der Waals surface area contributed by atoms with E-state index >= 15 is 0 Å². The van der Waals surface area contributed by atoms with Gasteiger partial charge in [0.1, 0.15) is 11.0 Å². The van der Waals surface area contributed by atoms with Crippen LogP contribution in [0, 0.1) is 0 Å². The number of rotatable bonds is 5. The molecule has 1 unspecified atom stereocenters. The van der Waals surface area contributed by atoms with Gasteiger partial charge in [0.2, 0.25) is 5.91 Å². The number of thioether (sulfide) groups is 1. The van der Waals surface area contributed by atoms with Crippen LogP contribution < -0.4 is 11.3 Å². The zero-order valence-corrected chi connectivity index (χ0v) is 9.66. The molecule has 0 saturated carbocycles. The first-order valence-electron chi connectivity index (χ1n) is 4.62. The SMILES string of the molecule is COCC(Sc1ccc(O)cc1)C(=O)NN.